The lowest BCUT2D eigenvalue weighted by Gasteiger charge is -2.36. The molecule has 1 fully saturated rings. The molecule has 0 aliphatic carbocycles. The van der Waals surface area contributed by atoms with Gasteiger partial charge in [-0.2, -0.15) is 0 Å². The van der Waals surface area contributed by atoms with E-state index in [1.54, 1.807) is 24.3 Å². The number of benzene rings is 2. The number of primary amides is 1. The number of amides is 2. The summed E-state index contributed by atoms with van der Waals surface area (Å²) in [4.78, 5) is 23.9. The van der Waals surface area contributed by atoms with Gasteiger partial charge in [-0.05, 0) is 42.7 Å². The van der Waals surface area contributed by atoms with Crippen LogP contribution in [0, 0.1) is 0 Å². The van der Waals surface area contributed by atoms with Crippen molar-refractivity contribution in [3.8, 4) is 5.75 Å². The summed E-state index contributed by atoms with van der Waals surface area (Å²) in [5, 5.41) is 3.03. The molecule has 2 aromatic rings. The first-order chi connectivity index (χ1) is 13.1. The van der Waals surface area contributed by atoms with Gasteiger partial charge in [-0.1, -0.05) is 30.3 Å². The molecule has 0 saturated carbocycles. The third kappa shape index (κ3) is 4.65. The van der Waals surface area contributed by atoms with Crippen LogP contribution >= 0.6 is 0 Å². The maximum absolute atomic E-state index is 13.2. The van der Waals surface area contributed by atoms with Crippen LogP contribution < -0.4 is 15.8 Å². The van der Waals surface area contributed by atoms with Crippen LogP contribution in [-0.4, -0.2) is 31.6 Å². The first kappa shape index (κ1) is 18.9. The van der Waals surface area contributed by atoms with Gasteiger partial charge in [-0.25, -0.2) is 0 Å². The fourth-order valence-corrected chi connectivity index (χ4v) is 3.28. The molecule has 0 radical (unpaired) electrons. The van der Waals surface area contributed by atoms with Crippen molar-refractivity contribution in [3.63, 3.8) is 0 Å². The third-order valence-corrected chi connectivity index (χ3v) is 4.84. The molecule has 6 nitrogen and oxygen atoms in total. The summed E-state index contributed by atoms with van der Waals surface area (Å²) < 4.78 is 10.9. The van der Waals surface area contributed by atoms with Crippen molar-refractivity contribution in [2.45, 2.75) is 24.7 Å². The van der Waals surface area contributed by atoms with Gasteiger partial charge in [0.05, 0.1) is 18.4 Å². The lowest BCUT2D eigenvalue weighted by Crippen LogP contribution is -2.44. The molecule has 0 atom stereocenters. The first-order valence-corrected chi connectivity index (χ1v) is 9.06. The Kier molecular flexibility index (Phi) is 6.08. The lowest BCUT2D eigenvalue weighted by molar-refractivity contribution is -0.125. The highest BCUT2D eigenvalue weighted by Gasteiger charge is 2.41. The zero-order valence-electron chi connectivity index (χ0n) is 15.1. The second-order valence-corrected chi connectivity index (χ2v) is 6.60. The van der Waals surface area contributed by atoms with E-state index >= 15 is 0 Å². The molecule has 142 valence electrons. The van der Waals surface area contributed by atoms with Gasteiger partial charge in [0.1, 0.15) is 5.75 Å². The van der Waals surface area contributed by atoms with Crippen LogP contribution in [-0.2, 0) is 19.7 Å². The van der Waals surface area contributed by atoms with Crippen molar-refractivity contribution in [1.82, 2.24) is 0 Å². The molecule has 6 heteroatoms. The zero-order chi connectivity index (χ0) is 19.1. The molecule has 0 spiro atoms. The Labute approximate surface area is 158 Å². The highest BCUT2D eigenvalue weighted by molar-refractivity contribution is 5.99. The van der Waals surface area contributed by atoms with Crippen molar-refractivity contribution in [3.05, 3.63) is 60.2 Å². The van der Waals surface area contributed by atoms with E-state index in [1.807, 2.05) is 30.3 Å². The van der Waals surface area contributed by atoms with E-state index in [-0.39, 0.29) is 18.9 Å². The zero-order valence-corrected chi connectivity index (χ0v) is 15.1. The molecule has 27 heavy (non-hydrogen) atoms. The van der Waals surface area contributed by atoms with Gasteiger partial charge in [0.25, 0.3) is 0 Å². The molecular weight excluding hydrogens is 344 g/mol. The lowest BCUT2D eigenvalue weighted by atomic mass is 9.73. The Balaban J connectivity index is 1.70. The number of hydrogen-bond acceptors (Lipinski definition) is 4. The molecule has 1 aliphatic heterocycles. The van der Waals surface area contributed by atoms with Gasteiger partial charge >= 0.3 is 0 Å². The number of rotatable bonds is 7. The van der Waals surface area contributed by atoms with Crippen LogP contribution in [0.25, 0.3) is 0 Å². The van der Waals surface area contributed by atoms with E-state index < -0.39 is 11.3 Å². The normalized spacial score (nSPS) is 15.7. The Bertz CT molecular complexity index is 769. The Morgan fingerprint density at radius 3 is 2.33 bits per heavy atom. The number of carbonyl (C=O) groups is 2. The maximum atomic E-state index is 13.2. The third-order valence-electron chi connectivity index (χ3n) is 4.84. The van der Waals surface area contributed by atoms with Crippen LogP contribution in [0.15, 0.2) is 54.6 Å². The highest BCUT2D eigenvalue weighted by atomic mass is 16.5. The largest absolute Gasteiger partial charge is 0.493 e. The predicted molar refractivity (Wildman–Crippen MR) is 103 cm³/mol. The van der Waals surface area contributed by atoms with Crippen molar-refractivity contribution in [2.24, 2.45) is 5.73 Å². The fraction of sp³-hybridized carbons (Fsp3) is 0.333. The van der Waals surface area contributed by atoms with Gasteiger partial charge in [-0.3, -0.25) is 9.59 Å². The molecule has 1 aliphatic rings. The van der Waals surface area contributed by atoms with Crippen LogP contribution in [0.3, 0.4) is 0 Å². The van der Waals surface area contributed by atoms with Crippen LogP contribution in [0.1, 0.15) is 24.8 Å². The van der Waals surface area contributed by atoms with E-state index in [0.29, 0.717) is 37.5 Å². The summed E-state index contributed by atoms with van der Waals surface area (Å²) in [6.07, 6.45) is 1.47. The summed E-state index contributed by atoms with van der Waals surface area (Å²) in [5.74, 6) is 0.194. The minimum Gasteiger partial charge on any atom is -0.493 e. The molecular formula is C21H24N2O4. The number of nitrogens with two attached hydrogens (primary N) is 1. The van der Waals surface area contributed by atoms with E-state index in [9.17, 15) is 9.59 Å². The van der Waals surface area contributed by atoms with Crippen molar-refractivity contribution in [1.29, 1.82) is 0 Å². The Hall–Kier alpha value is -2.86. The summed E-state index contributed by atoms with van der Waals surface area (Å²) >= 11 is 0. The molecule has 3 N–H and O–H groups in total. The van der Waals surface area contributed by atoms with Gasteiger partial charge in [0.15, 0.2) is 0 Å². The molecule has 1 heterocycles. The van der Waals surface area contributed by atoms with E-state index in [0.717, 1.165) is 5.56 Å². The number of hydrogen-bond donors (Lipinski definition) is 2. The van der Waals surface area contributed by atoms with E-state index in [1.165, 1.54) is 0 Å². The number of anilines is 1. The first-order valence-electron chi connectivity index (χ1n) is 9.06. The number of nitrogens with one attached hydrogen (secondary N) is 1. The van der Waals surface area contributed by atoms with Gasteiger partial charge in [0.2, 0.25) is 11.8 Å². The fourth-order valence-electron chi connectivity index (χ4n) is 3.28. The second-order valence-electron chi connectivity index (χ2n) is 6.60. The van der Waals surface area contributed by atoms with Crippen molar-refractivity contribution in [2.75, 3.05) is 25.1 Å². The maximum Gasteiger partial charge on any atom is 0.235 e. The summed E-state index contributed by atoms with van der Waals surface area (Å²) in [7, 11) is 0. The predicted octanol–water partition coefficient (Wildman–Crippen LogP) is 2.63. The molecule has 2 amide bonds. The standard InChI is InChI=1S/C21H24N2O4/c22-19(24)10-13-27-18-8-6-17(7-9-18)23-20(25)21(11-14-26-15-12-21)16-4-2-1-3-5-16/h1-9H,10-15H2,(H2,22,24)(H,23,25). The molecule has 1 saturated heterocycles. The van der Waals surface area contributed by atoms with Crippen molar-refractivity contribution >= 4 is 17.5 Å². The smallest absolute Gasteiger partial charge is 0.235 e. The molecule has 0 aromatic heterocycles. The van der Waals surface area contributed by atoms with Crippen LogP contribution in [0.2, 0.25) is 0 Å². The molecule has 0 unspecified atom stereocenters. The average Bonchev–Trinajstić information content (AvgIpc) is 2.70. The molecule has 0 bridgehead atoms. The SMILES string of the molecule is NC(=O)CCOc1ccc(NC(=O)C2(c3ccccc3)CCOCC2)cc1. The minimum absolute atomic E-state index is 0.0283. The van der Waals surface area contributed by atoms with Crippen LogP contribution in [0.5, 0.6) is 5.75 Å². The van der Waals surface area contributed by atoms with Gasteiger partial charge in [-0.15, -0.1) is 0 Å². The van der Waals surface area contributed by atoms with Gasteiger partial charge < -0.3 is 20.5 Å². The molecule has 2 aromatic carbocycles. The monoisotopic (exact) mass is 368 g/mol. The Morgan fingerprint density at radius 2 is 1.70 bits per heavy atom. The van der Waals surface area contributed by atoms with Gasteiger partial charge in [0, 0.05) is 18.9 Å². The summed E-state index contributed by atoms with van der Waals surface area (Å²) in [6, 6.07) is 17.0. The summed E-state index contributed by atoms with van der Waals surface area (Å²) in [5.41, 5.74) is 6.21. The highest BCUT2D eigenvalue weighted by Crippen LogP contribution is 2.36. The average molecular weight is 368 g/mol. The number of carbonyl (C=O) groups excluding carboxylic acids is 2. The topological polar surface area (TPSA) is 90.7 Å². The number of ether oxygens (including phenoxy) is 2. The van der Waals surface area contributed by atoms with E-state index in [2.05, 4.69) is 5.32 Å². The second kappa shape index (κ2) is 8.68. The van der Waals surface area contributed by atoms with Crippen LogP contribution in [0.4, 0.5) is 5.69 Å². The van der Waals surface area contributed by atoms with E-state index in [4.69, 9.17) is 15.2 Å². The van der Waals surface area contributed by atoms with Crippen molar-refractivity contribution < 1.29 is 19.1 Å². The molecule has 3 rings (SSSR count). The quantitative estimate of drug-likeness (QED) is 0.786. The Morgan fingerprint density at radius 1 is 1.04 bits per heavy atom. The summed E-state index contributed by atoms with van der Waals surface area (Å²) in [6.45, 7) is 1.36. The minimum atomic E-state index is -0.587.